The molecule has 0 atom stereocenters. The number of carbonyl (C=O) groups is 1. The smallest absolute Gasteiger partial charge is 0.411 e. The second-order valence-corrected chi connectivity index (χ2v) is 7.09. The maximum Gasteiger partial charge on any atom is 0.492 e. The van der Waals surface area contributed by atoms with Gasteiger partial charge in [0.1, 0.15) is 0 Å². The minimum absolute atomic E-state index is 0.132. The van der Waals surface area contributed by atoms with Gasteiger partial charge in [-0.1, -0.05) is 35.5 Å². The summed E-state index contributed by atoms with van der Waals surface area (Å²) >= 11 is 0. The van der Waals surface area contributed by atoms with Crippen LogP contribution in [-0.4, -0.2) is 42.2 Å². The van der Waals surface area contributed by atoms with Crippen LogP contribution in [0, 0.1) is 0 Å². The Kier molecular flexibility index (Phi) is 5.70. The molecule has 1 aliphatic heterocycles. The molecule has 0 spiro atoms. The van der Waals surface area contributed by atoms with Crippen LogP contribution in [-0.2, 0) is 14.1 Å². The van der Waals surface area contributed by atoms with E-state index in [1.807, 2.05) is 58.0 Å². The number of hydrogen-bond donors (Lipinski definition) is 2. The van der Waals surface area contributed by atoms with Crippen molar-refractivity contribution in [3.8, 4) is 0 Å². The van der Waals surface area contributed by atoms with E-state index in [-0.39, 0.29) is 5.91 Å². The Morgan fingerprint density at radius 1 is 1.20 bits per heavy atom. The van der Waals surface area contributed by atoms with Crippen molar-refractivity contribution >= 4 is 25.3 Å². The van der Waals surface area contributed by atoms with Crippen LogP contribution in [0.25, 0.3) is 6.08 Å². The van der Waals surface area contributed by atoms with Crippen LogP contribution < -0.4 is 5.32 Å². The molecule has 0 radical (unpaired) electrons. The zero-order chi connectivity index (χ0) is 18.7. The van der Waals surface area contributed by atoms with Gasteiger partial charge >= 0.3 is 7.12 Å². The second kappa shape index (κ2) is 7.41. The van der Waals surface area contributed by atoms with Crippen LogP contribution in [0.3, 0.4) is 0 Å². The molecule has 0 aliphatic carbocycles. The summed E-state index contributed by atoms with van der Waals surface area (Å²) in [6.45, 7) is 9.69. The molecular weight excluding hydrogens is 319 g/mol. The lowest BCUT2D eigenvalue weighted by Crippen LogP contribution is -2.41. The first-order chi connectivity index (χ1) is 11.7. The van der Waals surface area contributed by atoms with E-state index in [1.165, 1.54) is 13.1 Å². The van der Waals surface area contributed by atoms with Gasteiger partial charge in [-0.25, -0.2) is 0 Å². The highest BCUT2D eigenvalue weighted by atomic mass is 16.7. The molecule has 1 saturated heterocycles. The van der Waals surface area contributed by atoms with Crippen molar-refractivity contribution in [1.29, 1.82) is 0 Å². The van der Waals surface area contributed by atoms with Crippen molar-refractivity contribution in [2.45, 2.75) is 45.8 Å². The summed E-state index contributed by atoms with van der Waals surface area (Å²) in [7, 11) is -0.573. The summed E-state index contributed by atoms with van der Waals surface area (Å²) in [6, 6.07) is 7.49. The first-order valence-electron chi connectivity index (χ1n) is 8.23. The predicted molar refractivity (Wildman–Crippen MR) is 98.6 cm³/mol. The van der Waals surface area contributed by atoms with Gasteiger partial charge in [0, 0.05) is 19.0 Å². The van der Waals surface area contributed by atoms with Crippen LogP contribution in [0.1, 0.15) is 45.7 Å². The molecular formula is C18H25BN2O4. The standard InChI is InChI=1S/C18H25BN2O4/c1-13(22)20-12-16(19-24-17(2,3)18(4,5)25-19)10-14-8-6-7-9-15(14)11-21-23/h6-11,23H,12H2,1-5H3,(H,20,22). The lowest BCUT2D eigenvalue weighted by atomic mass is 9.76. The summed E-state index contributed by atoms with van der Waals surface area (Å²) < 4.78 is 12.2. The maximum atomic E-state index is 11.4. The Labute approximate surface area is 149 Å². The summed E-state index contributed by atoms with van der Waals surface area (Å²) in [4.78, 5) is 11.4. The highest BCUT2D eigenvalue weighted by Gasteiger charge is 2.52. The predicted octanol–water partition coefficient (Wildman–Crippen LogP) is 2.65. The molecule has 0 bridgehead atoms. The lowest BCUT2D eigenvalue weighted by molar-refractivity contribution is -0.118. The van der Waals surface area contributed by atoms with Crippen molar-refractivity contribution in [2.75, 3.05) is 6.54 Å². The third-order valence-electron chi connectivity index (χ3n) is 4.63. The molecule has 0 saturated carbocycles. The quantitative estimate of drug-likeness (QED) is 0.372. The van der Waals surface area contributed by atoms with Gasteiger partial charge in [-0.3, -0.25) is 4.79 Å². The molecule has 0 unspecified atom stereocenters. The summed E-state index contributed by atoms with van der Waals surface area (Å²) in [5.74, 6) is -0.132. The molecule has 1 heterocycles. The highest BCUT2D eigenvalue weighted by Crippen LogP contribution is 2.38. The van der Waals surface area contributed by atoms with E-state index < -0.39 is 18.3 Å². The molecule has 134 valence electrons. The van der Waals surface area contributed by atoms with Gasteiger partial charge in [-0.05, 0) is 38.7 Å². The van der Waals surface area contributed by atoms with Gasteiger partial charge < -0.3 is 19.8 Å². The fraction of sp³-hybridized carbons (Fsp3) is 0.444. The van der Waals surface area contributed by atoms with E-state index >= 15 is 0 Å². The van der Waals surface area contributed by atoms with Crippen molar-refractivity contribution in [2.24, 2.45) is 5.16 Å². The largest absolute Gasteiger partial charge is 0.492 e. The van der Waals surface area contributed by atoms with Crippen molar-refractivity contribution in [3.63, 3.8) is 0 Å². The SMILES string of the molecule is CC(=O)NCC(=Cc1ccccc1C=NO)B1OC(C)(C)C(C)(C)O1. The van der Waals surface area contributed by atoms with Gasteiger partial charge in [-0.2, -0.15) is 0 Å². The van der Waals surface area contributed by atoms with Crippen LogP contribution in [0.2, 0.25) is 0 Å². The molecule has 1 aromatic rings. The van der Waals surface area contributed by atoms with E-state index in [1.54, 1.807) is 0 Å². The average Bonchev–Trinajstić information content (AvgIpc) is 2.73. The topological polar surface area (TPSA) is 80.2 Å². The Morgan fingerprint density at radius 3 is 2.28 bits per heavy atom. The van der Waals surface area contributed by atoms with Crippen LogP contribution in [0.5, 0.6) is 0 Å². The monoisotopic (exact) mass is 344 g/mol. The first kappa shape index (κ1) is 19.2. The Bertz CT molecular complexity index is 682. The van der Waals surface area contributed by atoms with E-state index in [0.29, 0.717) is 6.54 Å². The second-order valence-electron chi connectivity index (χ2n) is 7.09. The van der Waals surface area contributed by atoms with Crippen LogP contribution in [0.15, 0.2) is 34.9 Å². The first-order valence-corrected chi connectivity index (χ1v) is 8.23. The zero-order valence-corrected chi connectivity index (χ0v) is 15.4. The number of oxime groups is 1. The molecule has 7 heteroatoms. The van der Waals surface area contributed by atoms with E-state index in [4.69, 9.17) is 14.5 Å². The normalized spacial score (nSPS) is 19.4. The minimum Gasteiger partial charge on any atom is -0.411 e. The number of benzene rings is 1. The van der Waals surface area contributed by atoms with E-state index in [0.717, 1.165) is 16.6 Å². The fourth-order valence-corrected chi connectivity index (χ4v) is 2.45. The number of rotatable bonds is 5. The molecule has 25 heavy (non-hydrogen) atoms. The number of amides is 1. The van der Waals surface area contributed by atoms with Crippen molar-refractivity contribution in [3.05, 3.63) is 40.9 Å². The van der Waals surface area contributed by atoms with Crippen LogP contribution >= 0.6 is 0 Å². The zero-order valence-electron chi connectivity index (χ0n) is 15.4. The molecule has 1 fully saturated rings. The third-order valence-corrected chi connectivity index (χ3v) is 4.63. The third kappa shape index (κ3) is 4.49. The van der Waals surface area contributed by atoms with Crippen molar-refractivity contribution < 1.29 is 19.3 Å². The van der Waals surface area contributed by atoms with Gasteiger partial charge in [0.05, 0.1) is 17.4 Å². The molecule has 1 aromatic carbocycles. The van der Waals surface area contributed by atoms with E-state index in [2.05, 4.69) is 10.5 Å². The van der Waals surface area contributed by atoms with Crippen molar-refractivity contribution in [1.82, 2.24) is 5.32 Å². The molecule has 1 aliphatic rings. The van der Waals surface area contributed by atoms with Gasteiger partial charge in [0.25, 0.3) is 0 Å². The molecule has 2 N–H and O–H groups in total. The summed E-state index contributed by atoms with van der Waals surface area (Å²) in [5, 5.41) is 14.7. The fourth-order valence-electron chi connectivity index (χ4n) is 2.45. The molecule has 1 amide bonds. The number of hydrogen-bond acceptors (Lipinski definition) is 5. The Balaban J connectivity index is 2.39. The number of nitrogens with zero attached hydrogens (tertiary/aromatic N) is 1. The van der Waals surface area contributed by atoms with Gasteiger partial charge in [0.2, 0.25) is 5.91 Å². The van der Waals surface area contributed by atoms with E-state index in [9.17, 15) is 4.79 Å². The Morgan fingerprint density at radius 2 is 1.76 bits per heavy atom. The molecule has 6 nitrogen and oxygen atoms in total. The Hall–Kier alpha value is -2.12. The molecule has 2 rings (SSSR count). The highest BCUT2D eigenvalue weighted by molar-refractivity contribution is 6.56. The number of nitrogens with one attached hydrogen (secondary N) is 1. The molecule has 0 aromatic heterocycles. The van der Waals surface area contributed by atoms with Gasteiger partial charge in [0.15, 0.2) is 0 Å². The number of carbonyl (C=O) groups excluding carboxylic acids is 1. The maximum absolute atomic E-state index is 11.4. The summed E-state index contributed by atoms with van der Waals surface area (Å²) in [5.41, 5.74) is 1.43. The lowest BCUT2D eigenvalue weighted by Gasteiger charge is -2.32. The summed E-state index contributed by atoms with van der Waals surface area (Å²) in [6.07, 6.45) is 3.27. The average molecular weight is 344 g/mol. The van der Waals surface area contributed by atoms with Gasteiger partial charge in [-0.15, -0.1) is 0 Å². The minimum atomic E-state index is -0.573. The van der Waals surface area contributed by atoms with Crippen LogP contribution in [0.4, 0.5) is 0 Å².